The van der Waals surface area contributed by atoms with E-state index < -0.39 is 5.91 Å². The Morgan fingerprint density at radius 3 is 2.71 bits per heavy atom. The third-order valence-corrected chi connectivity index (χ3v) is 3.77. The maximum atomic E-state index is 11.3. The third kappa shape index (κ3) is 1.88. The van der Waals surface area contributed by atoms with E-state index in [0.717, 1.165) is 12.0 Å². The first-order valence-electron chi connectivity index (χ1n) is 5.80. The summed E-state index contributed by atoms with van der Waals surface area (Å²) in [5, 5.41) is 0. The van der Waals surface area contributed by atoms with Gasteiger partial charge in [-0.15, -0.1) is 0 Å². The number of aromatic nitrogens is 1. The first-order chi connectivity index (χ1) is 7.97. The Kier molecular flexibility index (Phi) is 2.81. The highest BCUT2D eigenvalue weighted by molar-refractivity contribution is 5.94. The summed E-state index contributed by atoms with van der Waals surface area (Å²) in [6.07, 6.45) is 3.94. The number of rotatable bonds is 3. The van der Waals surface area contributed by atoms with Gasteiger partial charge >= 0.3 is 0 Å². The van der Waals surface area contributed by atoms with E-state index in [1.807, 2.05) is 6.07 Å². The summed E-state index contributed by atoms with van der Waals surface area (Å²) >= 11 is 0. The van der Waals surface area contributed by atoms with Crippen LogP contribution in [0.25, 0.3) is 0 Å². The van der Waals surface area contributed by atoms with Crippen LogP contribution < -0.4 is 10.5 Å². The van der Waals surface area contributed by atoms with Gasteiger partial charge in [0.25, 0.3) is 5.91 Å². The van der Waals surface area contributed by atoms with Crippen LogP contribution in [0.15, 0.2) is 12.3 Å². The zero-order valence-corrected chi connectivity index (χ0v) is 10.5. The van der Waals surface area contributed by atoms with E-state index in [1.165, 1.54) is 6.42 Å². The summed E-state index contributed by atoms with van der Waals surface area (Å²) in [5.74, 6) is 0.414. The van der Waals surface area contributed by atoms with E-state index in [2.05, 4.69) is 18.8 Å². The van der Waals surface area contributed by atoms with Crippen molar-refractivity contribution in [2.24, 2.45) is 11.1 Å². The second kappa shape index (κ2) is 4.02. The standard InChI is InChI=1S/C13H18N2O2/c1-13(2)6-4-9(13)8-5-7-15-10(12(14)16)11(8)17-3/h5,7,9H,4,6H2,1-3H3,(H2,14,16). The van der Waals surface area contributed by atoms with Gasteiger partial charge < -0.3 is 10.5 Å². The second-order valence-electron chi connectivity index (χ2n) is 5.23. The van der Waals surface area contributed by atoms with Crippen molar-refractivity contribution in [1.29, 1.82) is 0 Å². The van der Waals surface area contributed by atoms with Crippen LogP contribution in [-0.2, 0) is 0 Å². The number of nitrogens with zero attached hydrogens (tertiary/aromatic N) is 1. The summed E-state index contributed by atoms with van der Waals surface area (Å²) < 4.78 is 5.32. The lowest BCUT2D eigenvalue weighted by Gasteiger charge is -2.45. The number of hydrogen-bond donors (Lipinski definition) is 1. The molecule has 2 rings (SSSR count). The van der Waals surface area contributed by atoms with Crippen LogP contribution >= 0.6 is 0 Å². The molecule has 0 saturated heterocycles. The molecule has 1 unspecified atom stereocenters. The van der Waals surface area contributed by atoms with E-state index in [9.17, 15) is 4.79 Å². The number of carbonyl (C=O) groups is 1. The van der Waals surface area contributed by atoms with E-state index in [0.29, 0.717) is 11.7 Å². The number of hydrogen-bond acceptors (Lipinski definition) is 3. The van der Waals surface area contributed by atoms with Gasteiger partial charge in [0.05, 0.1) is 7.11 Å². The van der Waals surface area contributed by atoms with Crippen molar-refractivity contribution >= 4 is 5.91 Å². The molecule has 1 aromatic rings. The number of nitrogens with two attached hydrogens (primary N) is 1. The molecule has 0 aromatic carbocycles. The van der Waals surface area contributed by atoms with Gasteiger partial charge in [-0.2, -0.15) is 0 Å². The maximum absolute atomic E-state index is 11.3. The molecule has 92 valence electrons. The summed E-state index contributed by atoms with van der Waals surface area (Å²) in [7, 11) is 1.55. The molecule has 0 radical (unpaired) electrons. The Balaban J connectivity index is 2.47. The van der Waals surface area contributed by atoms with Crippen molar-refractivity contribution in [1.82, 2.24) is 4.98 Å². The van der Waals surface area contributed by atoms with Crippen molar-refractivity contribution in [3.05, 3.63) is 23.5 Å². The topological polar surface area (TPSA) is 65.2 Å². The van der Waals surface area contributed by atoms with Crippen LogP contribution in [0.4, 0.5) is 0 Å². The normalized spacial score (nSPS) is 21.7. The molecule has 4 heteroatoms. The average molecular weight is 234 g/mol. The molecule has 1 fully saturated rings. The second-order valence-corrected chi connectivity index (χ2v) is 5.23. The maximum Gasteiger partial charge on any atom is 0.271 e. The van der Waals surface area contributed by atoms with Crippen molar-refractivity contribution < 1.29 is 9.53 Å². The Morgan fingerprint density at radius 1 is 1.59 bits per heavy atom. The van der Waals surface area contributed by atoms with Crippen LogP contribution in [0.5, 0.6) is 5.75 Å². The minimum atomic E-state index is -0.541. The predicted molar refractivity (Wildman–Crippen MR) is 65.1 cm³/mol. The smallest absolute Gasteiger partial charge is 0.271 e. The lowest BCUT2D eigenvalue weighted by molar-refractivity contribution is 0.0989. The van der Waals surface area contributed by atoms with Gasteiger partial charge in [0, 0.05) is 11.8 Å². The number of carbonyl (C=O) groups excluding carboxylic acids is 1. The molecule has 1 aliphatic rings. The highest BCUT2D eigenvalue weighted by Crippen LogP contribution is 2.54. The molecule has 17 heavy (non-hydrogen) atoms. The molecule has 1 atom stereocenters. The van der Waals surface area contributed by atoms with Gasteiger partial charge in [-0.1, -0.05) is 13.8 Å². The lowest BCUT2D eigenvalue weighted by atomic mass is 9.60. The molecule has 1 amide bonds. The van der Waals surface area contributed by atoms with E-state index in [4.69, 9.17) is 10.5 Å². The van der Waals surface area contributed by atoms with Crippen LogP contribution in [0, 0.1) is 5.41 Å². The number of methoxy groups -OCH3 is 1. The van der Waals surface area contributed by atoms with Gasteiger partial charge in [0.2, 0.25) is 0 Å². The molecule has 1 aliphatic carbocycles. The average Bonchev–Trinajstić information content (AvgIpc) is 2.27. The van der Waals surface area contributed by atoms with Crippen molar-refractivity contribution in [2.75, 3.05) is 7.11 Å². The van der Waals surface area contributed by atoms with E-state index >= 15 is 0 Å². The third-order valence-electron chi connectivity index (χ3n) is 3.77. The minimum absolute atomic E-state index is 0.229. The van der Waals surface area contributed by atoms with E-state index in [-0.39, 0.29) is 11.1 Å². The summed E-state index contributed by atoms with van der Waals surface area (Å²) in [6, 6.07) is 1.93. The summed E-state index contributed by atoms with van der Waals surface area (Å²) in [4.78, 5) is 15.3. The van der Waals surface area contributed by atoms with Crippen molar-refractivity contribution in [2.45, 2.75) is 32.6 Å². The number of ether oxygens (including phenoxy) is 1. The highest BCUT2D eigenvalue weighted by Gasteiger charge is 2.41. The molecule has 0 bridgehead atoms. The lowest BCUT2D eigenvalue weighted by Crippen LogP contribution is -2.33. The number of amides is 1. The molecule has 2 N–H and O–H groups in total. The van der Waals surface area contributed by atoms with Gasteiger partial charge in [-0.3, -0.25) is 4.79 Å². The van der Waals surface area contributed by atoms with Crippen LogP contribution in [-0.4, -0.2) is 18.0 Å². The van der Waals surface area contributed by atoms with Crippen molar-refractivity contribution in [3.8, 4) is 5.75 Å². The fourth-order valence-corrected chi connectivity index (χ4v) is 2.57. The Bertz CT molecular complexity index is 455. The minimum Gasteiger partial charge on any atom is -0.494 e. The number of pyridine rings is 1. The fourth-order valence-electron chi connectivity index (χ4n) is 2.57. The largest absolute Gasteiger partial charge is 0.494 e. The zero-order chi connectivity index (χ0) is 12.6. The fraction of sp³-hybridized carbons (Fsp3) is 0.538. The molecule has 4 nitrogen and oxygen atoms in total. The van der Waals surface area contributed by atoms with Gasteiger partial charge in [0.15, 0.2) is 11.4 Å². The molecule has 1 saturated carbocycles. The molecule has 0 spiro atoms. The van der Waals surface area contributed by atoms with Gasteiger partial charge in [-0.05, 0) is 30.2 Å². The first-order valence-corrected chi connectivity index (χ1v) is 5.80. The van der Waals surface area contributed by atoms with Crippen molar-refractivity contribution in [3.63, 3.8) is 0 Å². The molecular weight excluding hydrogens is 216 g/mol. The van der Waals surface area contributed by atoms with Crippen LogP contribution in [0.1, 0.15) is 48.7 Å². The molecule has 1 heterocycles. The Morgan fingerprint density at radius 2 is 2.29 bits per heavy atom. The highest BCUT2D eigenvalue weighted by atomic mass is 16.5. The van der Waals surface area contributed by atoms with E-state index in [1.54, 1.807) is 13.3 Å². The zero-order valence-electron chi connectivity index (χ0n) is 10.5. The van der Waals surface area contributed by atoms with Gasteiger partial charge in [0.1, 0.15) is 0 Å². The summed E-state index contributed by atoms with van der Waals surface area (Å²) in [5.41, 5.74) is 6.84. The van der Waals surface area contributed by atoms with Gasteiger partial charge in [-0.25, -0.2) is 4.98 Å². The monoisotopic (exact) mass is 234 g/mol. The quantitative estimate of drug-likeness (QED) is 0.870. The number of primary amides is 1. The van der Waals surface area contributed by atoms with Crippen LogP contribution in [0.3, 0.4) is 0 Å². The SMILES string of the molecule is COc1c(C2CCC2(C)C)ccnc1C(N)=O. The van der Waals surface area contributed by atoms with Crippen LogP contribution in [0.2, 0.25) is 0 Å². The Hall–Kier alpha value is -1.58. The Labute approximate surface area is 101 Å². The first kappa shape index (κ1) is 11.9. The molecular formula is C13H18N2O2. The molecule has 1 aromatic heterocycles. The molecule has 0 aliphatic heterocycles. The summed E-state index contributed by atoms with van der Waals surface area (Å²) in [6.45, 7) is 4.45. The predicted octanol–water partition coefficient (Wildman–Crippen LogP) is 2.09.